The summed E-state index contributed by atoms with van der Waals surface area (Å²) < 4.78 is 0. The summed E-state index contributed by atoms with van der Waals surface area (Å²) in [6, 6.07) is 0.262. The van der Waals surface area contributed by atoms with Crippen molar-refractivity contribution in [1.29, 1.82) is 0 Å². The number of hydrogen-bond donors (Lipinski definition) is 1. The molecule has 0 bridgehead atoms. The molecule has 0 aromatic carbocycles. The topological polar surface area (TPSA) is 49.4 Å². The molecule has 1 saturated heterocycles. The first-order chi connectivity index (χ1) is 9.11. The molecule has 0 spiro atoms. The second-order valence-corrected chi connectivity index (χ2v) is 6.48. The number of rotatable bonds is 6. The molecule has 2 saturated carbocycles. The Morgan fingerprint density at radius 1 is 1.21 bits per heavy atom. The molecule has 1 N–H and O–H groups in total. The lowest BCUT2D eigenvalue weighted by Gasteiger charge is -2.24. The van der Waals surface area contributed by atoms with Crippen LogP contribution in [0.2, 0.25) is 0 Å². The zero-order valence-electron chi connectivity index (χ0n) is 11.9. The van der Waals surface area contributed by atoms with E-state index in [2.05, 4.69) is 5.32 Å². The average Bonchev–Trinajstić information content (AvgIpc) is 3.26. The average molecular weight is 264 g/mol. The first-order valence-corrected chi connectivity index (χ1v) is 7.73. The van der Waals surface area contributed by atoms with Gasteiger partial charge in [0.25, 0.3) is 0 Å². The van der Waals surface area contributed by atoms with E-state index in [0.717, 1.165) is 18.3 Å². The Balaban J connectivity index is 1.65. The van der Waals surface area contributed by atoms with Gasteiger partial charge in [0.2, 0.25) is 11.8 Å². The molecule has 2 amide bonds. The lowest BCUT2D eigenvalue weighted by atomic mass is 10.1. The number of imide groups is 1. The Morgan fingerprint density at radius 3 is 2.26 bits per heavy atom. The summed E-state index contributed by atoms with van der Waals surface area (Å²) in [4.78, 5) is 25.9. The lowest BCUT2D eigenvalue weighted by Crippen LogP contribution is -2.47. The van der Waals surface area contributed by atoms with Gasteiger partial charge >= 0.3 is 0 Å². The SMILES string of the molecule is CCC(C)N1C(=O)CC(NC(C2CC2)C2CC2)C1=O. The smallest absolute Gasteiger partial charge is 0.247 e. The van der Waals surface area contributed by atoms with Crippen LogP contribution < -0.4 is 5.32 Å². The summed E-state index contributed by atoms with van der Waals surface area (Å²) in [7, 11) is 0. The molecule has 1 aliphatic heterocycles. The predicted molar refractivity (Wildman–Crippen MR) is 72.4 cm³/mol. The van der Waals surface area contributed by atoms with Crippen LogP contribution in [0.5, 0.6) is 0 Å². The maximum atomic E-state index is 12.4. The van der Waals surface area contributed by atoms with Crippen molar-refractivity contribution in [2.75, 3.05) is 0 Å². The predicted octanol–water partition coefficient (Wildman–Crippen LogP) is 1.69. The molecule has 0 radical (unpaired) electrons. The first-order valence-electron chi connectivity index (χ1n) is 7.73. The summed E-state index contributed by atoms with van der Waals surface area (Å²) in [5.41, 5.74) is 0. The van der Waals surface area contributed by atoms with Crippen LogP contribution in [0.4, 0.5) is 0 Å². The van der Waals surface area contributed by atoms with E-state index in [0.29, 0.717) is 12.5 Å². The Bertz CT molecular complexity index is 376. The van der Waals surface area contributed by atoms with E-state index in [1.165, 1.54) is 30.6 Å². The molecule has 3 fully saturated rings. The number of nitrogens with zero attached hydrogens (tertiary/aromatic N) is 1. The standard InChI is InChI=1S/C15H24N2O2/c1-3-9(2)17-13(18)8-12(15(17)19)16-14(10-4-5-10)11-6-7-11/h9-12,14,16H,3-8H2,1-2H3. The van der Waals surface area contributed by atoms with Crippen LogP contribution in [0.3, 0.4) is 0 Å². The number of carbonyl (C=O) groups excluding carboxylic acids is 2. The van der Waals surface area contributed by atoms with Gasteiger partial charge in [-0.2, -0.15) is 0 Å². The van der Waals surface area contributed by atoms with E-state index in [9.17, 15) is 9.59 Å². The van der Waals surface area contributed by atoms with Gasteiger partial charge in [0.15, 0.2) is 0 Å². The van der Waals surface area contributed by atoms with E-state index in [-0.39, 0.29) is 23.9 Å². The van der Waals surface area contributed by atoms with E-state index >= 15 is 0 Å². The minimum atomic E-state index is -0.257. The van der Waals surface area contributed by atoms with Crippen LogP contribution >= 0.6 is 0 Å². The molecule has 0 aromatic heterocycles. The summed E-state index contributed by atoms with van der Waals surface area (Å²) in [5.74, 6) is 1.52. The Kier molecular flexibility index (Phi) is 3.37. The van der Waals surface area contributed by atoms with Gasteiger partial charge in [-0.3, -0.25) is 14.5 Å². The first kappa shape index (κ1) is 13.1. The third kappa shape index (κ3) is 2.55. The zero-order chi connectivity index (χ0) is 13.6. The number of amides is 2. The molecule has 2 atom stereocenters. The molecule has 19 heavy (non-hydrogen) atoms. The number of nitrogens with one attached hydrogen (secondary N) is 1. The van der Waals surface area contributed by atoms with E-state index in [1.54, 1.807) is 0 Å². The molecule has 3 rings (SSSR count). The van der Waals surface area contributed by atoms with Crippen molar-refractivity contribution in [2.24, 2.45) is 11.8 Å². The molecule has 3 aliphatic rings. The highest BCUT2D eigenvalue weighted by Gasteiger charge is 2.47. The van der Waals surface area contributed by atoms with Crippen LogP contribution in [-0.4, -0.2) is 34.8 Å². The number of likely N-dealkylation sites (tertiary alicyclic amines) is 1. The maximum Gasteiger partial charge on any atom is 0.247 e. The van der Waals surface area contributed by atoms with Gasteiger partial charge in [0, 0.05) is 12.1 Å². The quantitative estimate of drug-likeness (QED) is 0.743. The van der Waals surface area contributed by atoms with E-state index < -0.39 is 0 Å². The fraction of sp³-hybridized carbons (Fsp3) is 0.867. The molecule has 0 aromatic rings. The lowest BCUT2D eigenvalue weighted by molar-refractivity contribution is -0.141. The van der Waals surface area contributed by atoms with Crippen LogP contribution in [0.15, 0.2) is 0 Å². The molecule has 4 heteroatoms. The van der Waals surface area contributed by atoms with Gasteiger partial charge in [-0.05, 0) is 50.9 Å². The largest absolute Gasteiger partial charge is 0.302 e. The van der Waals surface area contributed by atoms with E-state index in [1.807, 2.05) is 13.8 Å². The van der Waals surface area contributed by atoms with Crippen molar-refractivity contribution in [3.63, 3.8) is 0 Å². The van der Waals surface area contributed by atoms with Crippen molar-refractivity contribution in [1.82, 2.24) is 10.2 Å². The highest BCUT2D eigenvalue weighted by molar-refractivity contribution is 6.05. The molecule has 2 aliphatic carbocycles. The van der Waals surface area contributed by atoms with Crippen molar-refractivity contribution >= 4 is 11.8 Å². The third-order valence-corrected chi connectivity index (χ3v) is 4.87. The van der Waals surface area contributed by atoms with Crippen molar-refractivity contribution < 1.29 is 9.59 Å². The highest BCUT2D eigenvalue weighted by atomic mass is 16.2. The Labute approximate surface area is 114 Å². The monoisotopic (exact) mass is 264 g/mol. The van der Waals surface area contributed by atoms with Crippen LogP contribution in [0.1, 0.15) is 52.4 Å². The van der Waals surface area contributed by atoms with Gasteiger partial charge in [-0.25, -0.2) is 0 Å². The molecular formula is C15H24N2O2. The van der Waals surface area contributed by atoms with Gasteiger partial charge in [-0.1, -0.05) is 6.92 Å². The maximum absolute atomic E-state index is 12.4. The van der Waals surface area contributed by atoms with Crippen molar-refractivity contribution in [3.8, 4) is 0 Å². The second-order valence-electron chi connectivity index (χ2n) is 6.48. The van der Waals surface area contributed by atoms with Crippen LogP contribution in [0, 0.1) is 11.8 Å². The second kappa shape index (κ2) is 4.89. The van der Waals surface area contributed by atoms with Crippen molar-refractivity contribution in [2.45, 2.75) is 70.5 Å². The Hall–Kier alpha value is -0.900. The van der Waals surface area contributed by atoms with Gasteiger partial charge in [-0.15, -0.1) is 0 Å². The summed E-state index contributed by atoms with van der Waals surface area (Å²) >= 11 is 0. The normalized spacial score (nSPS) is 29.4. The van der Waals surface area contributed by atoms with E-state index in [4.69, 9.17) is 0 Å². The van der Waals surface area contributed by atoms with Gasteiger partial charge in [0.05, 0.1) is 12.5 Å². The molecule has 1 heterocycles. The minimum absolute atomic E-state index is 0.00203. The number of carbonyl (C=O) groups is 2. The fourth-order valence-corrected chi connectivity index (χ4v) is 3.23. The van der Waals surface area contributed by atoms with Crippen LogP contribution in [0.25, 0.3) is 0 Å². The number of hydrogen-bond acceptors (Lipinski definition) is 3. The highest BCUT2D eigenvalue weighted by Crippen LogP contribution is 2.45. The van der Waals surface area contributed by atoms with Gasteiger partial charge in [0.1, 0.15) is 0 Å². The minimum Gasteiger partial charge on any atom is -0.302 e. The third-order valence-electron chi connectivity index (χ3n) is 4.87. The summed E-state index contributed by atoms with van der Waals surface area (Å²) in [6.07, 6.45) is 6.35. The molecule has 2 unspecified atom stereocenters. The zero-order valence-corrected chi connectivity index (χ0v) is 11.9. The molecule has 106 valence electrons. The van der Waals surface area contributed by atoms with Crippen molar-refractivity contribution in [3.05, 3.63) is 0 Å². The van der Waals surface area contributed by atoms with Gasteiger partial charge < -0.3 is 5.32 Å². The molecular weight excluding hydrogens is 240 g/mol. The van der Waals surface area contributed by atoms with Crippen LogP contribution in [-0.2, 0) is 9.59 Å². The summed E-state index contributed by atoms with van der Waals surface area (Å²) in [5, 5.41) is 3.52. The molecule has 4 nitrogen and oxygen atoms in total. The summed E-state index contributed by atoms with van der Waals surface area (Å²) in [6.45, 7) is 3.97. The fourth-order valence-electron chi connectivity index (χ4n) is 3.23. The Morgan fingerprint density at radius 2 is 1.79 bits per heavy atom.